The summed E-state index contributed by atoms with van der Waals surface area (Å²) in [4.78, 5) is 4.31. The van der Waals surface area contributed by atoms with Crippen molar-refractivity contribution in [3.63, 3.8) is 0 Å². The van der Waals surface area contributed by atoms with Gasteiger partial charge in [-0.3, -0.25) is 0 Å². The first-order valence-electron chi connectivity index (χ1n) is 4.71. The van der Waals surface area contributed by atoms with Crippen LogP contribution in [0.4, 0.5) is 0 Å². The predicted molar refractivity (Wildman–Crippen MR) is 57.8 cm³/mol. The lowest BCUT2D eigenvalue weighted by molar-refractivity contribution is 0.740. The minimum Gasteiger partial charge on any atom is -0.330 e. The van der Waals surface area contributed by atoms with E-state index in [0.29, 0.717) is 0 Å². The molecule has 2 rings (SSSR count). The average molecular weight is 184 g/mol. The topological polar surface area (TPSA) is 17.8 Å². The van der Waals surface area contributed by atoms with Crippen LogP contribution in [0.3, 0.4) is 0 Å². The molecule has 2 heteroatoms. The van der Waals surface area contributed by atoms with Gasteiger partial charge in [-0.15, -0.1) is 11.8 Å². The van der Waals surface area contributed by atoms with Gasteiger partial charge in [0.25, 0.3) is 0 Å². The average Bonchev–Trinajstić information content (AvgIpc) is 2.63. The summed E-state index contributed by atoms with van der Waals surface area (Å²) in [6.07, 6.45) is 2.76. The van der Waals surface area contributed by atoms with Crippen LogP contribution in [0.2, 0.25) is 0 Å². The van der Waals surface area contributed by atoms with E-state index in [1.807, 2.05) is 31.5 Å². The second kappa shape index (κ2) is 3.97. The largest absolute Gasteiger partial charge is 0.330 e. The number of hydrogen-bond acceptors (Lipinski definition) is 1. The Kier molecular flexibility index (Phi) is 2.51. The molecule has 0 N–H and O–H groups in total. The third-order valence-corrected chi connectivity index (χ3v) is 2.18. The predicted octanol–water partition coefficient (Wildman–Crippen LogP) is 2.45. The van der Waals surface area contributed by atoms with Crippen LogP contribution in [0.5, 0.6) is 0 Å². The van der Waals surface area contributed by atoms with Gasteiger partial charge < -0.3 is 4.57 Å². The van der Waals surface area contributed by atoms with Crippen LogP contribution in [-0.4, -0.2) is 9.55 Å². The number of benzene rings is 1. The van der Waals surface area contributed by atoms with E-state index in [4.69, 9.17) is 0 Å². The van der Waals surface area contributed by atoms with Gasteiger partial charge in [-0.2, -0.15) is 0 Å². The highest BCUT2D eigenvalue weighted by Gasteiger charge is 1.98. The van der Waals surface area contributed by atoms with E-state index in [2.05, 4.69) is 27.5 Å². The van der Waals surface area contributed by atoms with Crippen molar-refractivity contribution in [3.05, 3.63) is 30.6 Å². The molecule has 0 saturated carbocycles. The quantitative estimate of drug-likeness (QED) is 0.655. The molecular weight excluding hydrogens is 172 g/mol. The third-order valence-electron chi connectivity index (χ3n) is 2.18. The molecule has 0 bridgehead atoms. The zero-order chi connectivity index (χ0) is 9.80. The fourth-order valence-electron chi connectivity index (χ4n) is 1.49. The van der Waals surface area contributed by atoms with Crippen molar-refractivity contribution in [2.45, 2.75) is 19.9 Å². The number of imidazole rings is 1. The smallest absolute Gasteiger partial charge is 0.0958 e. The number of nitrogens with zero attached hydrogens (tertiary/aromatic N) is 2. The summed E-state index contributed by atoms with van der Waals surface area (Å²) in [7, 11) is 0. The van der Waals surface area contributed by atoms with E-state index < -0.39 is 0 Å². The van der Waals surface area contributed by atoms with Gasteiger partial charge in [-0.25, -0.2) is 4.98 Å². The summed E-state index contributed by atoms with van der Waals surface area (Å²) in [6.45, 7) is 2.79. The molecule has 0 aliphatic carbocycles. The zero-order valence-electron chi connectivity index (χ0n) is 8.20. The van der Waals surface area contributed by atoms with Gasteiger partial charge in [0.15, 0.2) is 0 Å². The molecule has 0 radical (unpaired) electrons. The molecule has 14 heavy (non-hydrogen) atoms. The van der Waals surface area contributed by atoms with Gasteiger partial charge in [-0.1, -0.05) is 12.1 Å². The minimum atomic E-state index is 0.886. The molecule has 0 saturated heterocycles. The van der Waals surface area contributed by atoms with Crippen molar-refractivity contribution >= 4 is 11.0 Å². The monoisotopic (exact) mass is 184 g/mol. The lowest BCUT2D eigenvalue weighted by Crippen LogP contribution is -1.94. The maximum atomic E-state index is 4.31. The molecule has 0 atom stereocenters. The normalized spacial score (nSPS) is 9.79. The van der Waals surface area contributed by atoms with Crippen LogP contribution in [0.15, 0.2) is 30.6 Å². The van der Waals surface area contributed by atoms with E-state index in [1.54, 1.807) is 0 Å². The Morgan fingerprint density at radius 2 is 2.21 bits per heavy atom. The fraction of sp³-hybridized carbons (Fsp3) is 0.250. The summed E-state index contributed by atoms with van der Waals surface area (Å²) in [6, 6.07) is 8.15. The number of aryl methyl sites for hydroxylation is 1. The first-order chi connectivity index (χ1) is 6.92. The van der Waals surface area contributed by atoms with Crippen LogP contribution in [0.25, 0.3) is 11.0 Å². The summed E-state index contributed by atoms with van der Waals surface area (Å²) >= 11 is 0. The van der Waals surface area contributed by atoms with Gasteiger partial charge in [0, 0.05) is 13.0 Å². The molecule has 0 aliphatic heterocycles. The van der Waals surface area contributed by atoms with Gasteiger partial charge in [-0.05, 0) is 19.1 Å². The van der Waals surface area contributed by atoms with Crippen LogP contribution >= 0.6 is 0 Å². The molecule has 1 aromatic carbocycles. The van der Waals surface area contributed by atoms with E-state index in [0.717, 1.165) is 18.5 Å². The molecule has 1 heterocycles. The first-order valence-corrected chi connectivity index (χ1v) is 4.71. The Morgan fingerprint density at radius 1 is 1.36 bits per heavy atom. The lowest BCUT2D eigenvalue weighted by Gasteiger charge is -1.99. The molecule has 70 valence electrons. The van der Waals surface area contributed by atoms with Gasteiger partial charge >= 0.3 is 0 Å². The lowest BCUT2D eigenvalue weighted by atomic mass is 10.3. The minimum absolute atomic E-state index is 0.886. The summed E-state index contributed by atoms with van der Waals surface area (Å²) in [5.74, 6) is 5.95. The molecule has 1 aromatic heterocycles. The maximum absolute atomic E-state index is 4.31. The second-order valence-electron chi connectivity index (χ2n) is 3.10. The van der Waals surface area contributed by atoms with E-state index in [-0.39, 0.29) is 0 Å². The van der Waals surface area contributed by atoms with Crippen molar-refractivity contribution in [1.82, 2.24) is 9.55 Å². The highest BCUT2D eigenvalue weighted by molar-refractivity contribution is 5.74. The number of rotatable bonds is 2. The molecule has 0 spiro atoms. The van der Waals surface area contributed by atoms with Crippen LogP contribution in [-0.2, 0) is 6.54 Å². The SMILES string of the molecule is CC#CCCn1cnc2ccccc21. The van der Waals surface area contributed by atoms with Crippen LogP contribution < -0.4 is 0 Å². The second-order valence-corrected chi connectivity index (χ2v) is 3.10. The highest BCUT2D eigenvalue weighted by Crippen LogP contribution is 2.11. The van der Waals surface area contributed by atoms with E-state index in [1.165, 1.54) is 5.52 Å². The Morgan fingerprint density at radius 3 is 3.07 bits per heavy atom. The third kappa shape index (κ3) is 1.62. The number of fused-ring (bicyclic) bond motifs is 1. The highest BCUT2D eigenvalue weighted by atomic mass is 15.0. The van der Waals surface area contributed by atoms with E-state index >= 15 is 0 Å². The maximum Gasteiger partial charge on any atom is 0.0958 e. The van der Waals surface area contributed by atoms with Crippen LogP contribution in [0, 0.1) is 11.8 Å². The number of aromatic nitrogens is 2. The molecule has 0 amide bonds. The summed E-state index contributed by atoms with van der Waals surface area (Å²) < 4.78 is 2.14. The Bertz CT molecular complexity index is 485. The van der Waals surface area contributed by atoms with Gasteiger partial charge in [0.05, 0.1) is 17.4 Å². The van der Waals surface area contributed by atoms with E-state index in [9.17, 15) is 0 Å². The zero-order valence-corrected chi connectivity index (χ0v) is 8.20. The van der Waals surface area contributed by atoms with Crippen molar-refractivity contribution in [3.8, 4) is 11.8 Å². The molecule has 2 aromatic rings. The van der Waals surface area contributed by atoms with Crippen molar-refractivity contribution in [2.75, 3.05) is 0 Å². The summed E-state index contributed by atoms with van der Waals surface area (Å²) in [5.41, 5.74) is 2.24. The standard InChI is InChI=1S/C12H12N2/c1-2-3-6-9-14-10-13-11-7-4-5-8-12(11)14/h4-5,7-8,10H,6,9H2,1H3. The van der Waals surface area contributed by atoms with Crippen LogP contribution in [0.1, 0.15) is 13.3 Å². The molecular formula is C12H12N2. The Balaban J connectivity index is 2.28. The summed E-state index contributed by atoms with van der Waals surface area (Å²) in [5, 5.41) is 0. The molecule has 0 aliphatic rings. The van der Waals surface area contributed by atoms with Crippen molar-refractivity contribution in [2.24, 2.45) is 0 Å². The van der Waals surface area contributed by atoms with Gasteiger partial charge in [0.2, 0.25) is 0 Å². The molecule has 0 fully saturated rings. The van der Waals surface area contributed by atoms with Crippen molar-refractivity contribution in [1.29, 1.82) is 0 Å². The first kappa shape index (κ1) is 8.83. The Hall–Kier alpha value is -1.75. The molecule has 2 nitrogen and oxygen atoms in total. The fourth-order valence-corrected chi connectivity index (χ4v) is 1.49. The Labute approximate surface area is 83.6 Å². The number of para-hydroxylation sites is 2. The van der Waals surface area contributed by atoms with Gasteiger partial charge in [0.1, 0.15) is 0 Å². The molecule has 0 unspecified atom stereocenters. The van der Waals surface area contributed by atoms with Crippen molar-refractivity contribution < 1.29 is 0 Å². The number of hydrogen-bond donors (Lipinski definition) is 0.